The van der Waals surface area contributed by atoms with Crippen LogP contribution in [-0.2, 0) is 0 Å². The summed E-state index contributed by atoms with van der Waals surface area (Å²) >= 11 is 11.6. The zero-order valence-corrected chi connectivity index (χ0v) is 10.4. The Morgan fingerprint density at radius 2 is 2.12 bits per heavy atom. The van der Waals surface area contributed by atoms with Crippen LogP contribution >= 0.6 is 23.2 Å². The van der Waals surface area contributed by atoms with Gasteiger partial charge in [-0.3, -0.25) is 4.39 Å². The first-order chi connectivity index (χ1) is 7.56. The van der Waals surface area contributed by atoms with Crippen LogP contribution in [0.5, 0.6) is 5.75 Å². The van der Waals surface area contributed by atoms with Gasteiger partial charge in [0.15, 0.2) is 0 Å². The summed E-state index contributed by atoms with van der Waals surface area (Å²) in [5.74, 6) is 0.0197. The van der Waals surface area contributed by atoms with E-state index < -0.39 is 0 Å². The van der Waals surface area contributed by atoms with Gasteiger partial charge in [0.05, 0.1) is 11.7 Å². The SMILES string of the molecule is CC(NCCCF)c1cc(Cl)cc(Cl)c1O. The minimum Gasteiger partial charge on any atom is -0.506 e. The fourth-order valence-electron chi connectivity index (χ4n) is 1.41. The van der Waals surface area contributed by atoms with Crippen LogP contribution in [0, 0.1) is 0 Å². The molecule has 0 bridgehead atoms. The zero-order chi connectivity index (χ0) is 12.1. The number of rotatable bonds is 5. The van der Waals surface area contributed by atoms with Gasteiger partial charge in [0, 0.05) is 16.6 Å². The molecule has 0 aliphatic carbocycles. The zero-order valence-electron chi connectivity index (χ0n) is 8.93. The second kappa shape index (κ2) is 6.28. The molecule has 0 aliphatic rings. The third-order valence-electron chi connectivity index (χ3n) is 2.29. The second-order valence-corrected chi connectivity index (χ2v) is 4.39. The fourth-order valence-corrected chi connectivity index (χ4v) is 1.92. The van der Waals surface area contributed by atoms with Crippen LogP contribution in [0.3, 0.4) is 0 Å². The Hall–Kier alpha value is -0.510. The lowest BCUT2D eigenvalue weighted by Gasteiger charge is -2.16. The molecule has 16 heavy (non-hydrogen) atoms. The van der Waals surface area contributed by atoms with Crippen molar-refractivity contribution in [3.8, 4) is 5.75 Å². The van der Waals surface area contributed by atoms with Crippen molar-refractivity contribution in [2.75, 3.05) is 13.2 Å². The van der Waals surface area contributed by atoms with Gasteiger partial charge in [-0.2, -0.15) is 0 Å². The summed E-state index contributed by atoms with van der Waals surface area (Å²) in [4.78, 5) is 0. The monoisotopic (exact) mass is 265 g/mol. The lowest BCUT2D eigenvalue weighted by molar-refractivity contribution is 0.432. The van der Waals surface area contributed by atoms with Gasteiger partial charge in [-0.25, -0.2) is 0 Å². The van der Waals surface area contributed by atoms with Crippen LogP contribution in [0.25, 0.3) is 0 Å². The number of nitrogens with one attached hydrogen (secondary N) is 1. The van der Waals surface area contributed by atoms with Gasteiger partial charge < -0.3 is 10.4 Å². The lowest BCUT2D eigenvalue weighted by Crippen LogP contribution is -2.20. The van der Waals surface area contributed by atoms with Crippen LogP contribution in [0.2, 0.25) is 10.0 Å². The van der Waals surface area contributed by atoms with Crippen LogP contribution in [0.15, 0.2) is 12.1 Å². The van der Waals surface area contributed by atoms with Crippen molar-refractivity contribution < 1.29 is 9.50 Å². The van der Waals surface area contributed by atoms with Crippen molar-refractivity contribution in [1.29, 1.82) is 0 Å². The maximum absolute atomic E-state index is 11.9. The Morgan fingerprint density at radius 3 is 2.75 bits per heavy atom. The van der Waals surface area contributed by atoms with E-state index in [0.29, 0.717) is 23.6 Å². The highest BCUT2D eigenvalue weighted by Gasteiger charge is 2.13. The number of halogens is 3. The van der Waals surface area contributed by atoms with E-state index in [-0.39, 0.29) is 23.5 Å². The van der Waals surface area contributed by atoms with E-state index in [4.69, 9.17) is 23.2 Å². The van der Waals surface area contributed by atoms with Gasteiger partial charge in [0.1, 0.15) is 5.75 Å². The van der Waals surface area contributed by atoms with E-state index in [2.05, 4.69) is 5.32 Å². The maximum Gasteiger partial charge on any atom is 0.139 e. The molecule has 1 atom stereocenters. The number of phenolic OH excluding ortho intramolecular Hbond substituents is 1. The summed E-state index contributed by atoms with van der Waals surface area (Å²) in [6, 6.07) is 3.01. The van der Waals surface area contributed by atoms with E-state index in [0.717, 1.165) is 0 Å². The van der Waals surface area contributed by atoms with Crippen molar-refractivity contribution in [3.05, 3.63) is 27.7 Å². The minimum absolute atomic E-state index is 0.0197. The Kier molecular flexibility index (Phi) is 5.32. The van der Waals surface area contributed by atoms with Crippen LogP contribution in [-0.4, -0.2) is 18.3 Å². The molecule has 0 saturated carbocycles. The molecule has 1 aromatic carbocycles. The molecule has 0 radical (unpaired) electrons. The summed E-state index contributed by atoms with van der Waals surface area (Å²) in [5, 5.41) is 13.5. The van der Waals surface area contributed by atoms with Gasteiger partial charge in [-0.15, -0.1) is 0 Å². The summed E-state index contributed by atoms with van der Waals surface area (Å²) in [7, 11) is 0. The third kappa shape index (κ3) is 3.51. The summed E-state index contributed by atoms with van der Waals surface area (Å²) in [6.45, 7) is 2.04. The smallest absolute Gasteiger partial charge is 0.139 e. The van der Waals surface area contributed by atoms with E-state index in [1.165, 1.54) is 6.07 Å². The summed E-state index contributed by atoms with van der Waals surface area (Å²) in [5.41, 5.74) is 0.622. The van der Waals surface area contributed by atoms with Crippen LogP contribution in [0.1, 0.15) is 24.9 Å². The molecule has 1 aromatic rings. The average molecular weight is 266 g/mol. The molecule has 0 aromatic heterocycles. The average Bonchev–Trinajstić information content (AvgIpc) is 2.23. The van der Waals surface area contributed by atoms with Crippen molar-refractivity contribution in [3.63, 3.8) is 0 Å². The standard InChI is InChI=1S/C11H14Cl2FNO/c1-7(15-4-2-3-14)9-5-8(12)6-10(13)11(9)16/h5-7,15-16H,2-4H2,1H3. The quantitative estimate of drug-likeness (QED) is 0.796. The minimum atomic E-state index is -0.359. The molecular formula is C11H14Cl2FNO. The van der Waals surface area contributed by atoms with Crippen molar-refractivity contribution in [2.45, 2.75) is 19.4 Å². The number of hydrogen-bond donors (Lipinski definition) is 2. The Balaban J connectivity index is 2.78. The number of aromatic hydroxyl groups is 1. The first-order valence-corrected chi connectivity index (χ1v) is 5.79. The van der Waals surface area contributed by atoms with E-state index in [1.54, 1.807) is 6.07 Å². The largest absolute Gasteiger partial charge is 0.506 e. The van der Waals surface area contributed by atoms with Crippen molar-refractivity contribution >= 4 is 23.2 Å². The molecule has 90 valence electrons. The van der Waals surface area contributed by atoms with Crippen molar-refractivity contribution in [1.82, 2.24) is 5.32 Å². The number of benzene rings is 1. The van der Waals surface area contributed by atoms with Gasteiger partial charge in [-0.1, -0.05) is 23.2 Å². The van der Waals surface area contributed by atoms with Gasteiger partial charge >= 0.3 is 0 Å². The van der Waals surface area contributed by atoms with Gasteiger partial charge in [0.25, 0.3) is 0 Å². The number of phenols is 1. The molecule has 0 saturated heterocycles. The predicted octanol–water partition coefficient (Wildman–Crippen LogP) is 3.71. The van der Waals surface area contributed by atoms with Crippen LogP contribution in [0.4, 0.5) is 4.39 Å². The van der Waals surface area contributed by atoms with Crippen LogP contribution < -0.4 is 5.32 Å². The maximum atomic E-state index is 11.9. The van der Waals surface area contributed by atoms with Crippen molar-refractivity contribution in [2.24, 2.45) is 0 Å². The normalized spacial score (nSPS) is 12.8. The molecule has 1 unspecified atom stereocenters. The lowest BCUT2D eigenvalue weighted by atomic mass is 10.1. The number of hydrogen-bond acceptors (Lipinski definition) is 2. The Bertz CT molecular complexity index is 360. The second-order valence-electron chi connectivity index (χ2n) is 3.54. The molecule has 0 fully saturated rings. The highest BCUT2D eigenvalue weighted by molar-refractivity contribution is 6.35. The molecule has 0 heterocycles. The number of alkyl halides is 1. The molecular weight excluding hydrogens is 252 g/mol. The summed E-state index contributed by atoms with van der Waals surface area (Å²) in [6.07, 6.45) is 0.444. The molecule has 1 rings (SSSR count). The third-order valence-corrected chi connectivity index (χ3v) is 2.79. The topological polar surface area (TPSA) is 32.3 Å². The van der Waals surface area contributed by atoms with E-state index in [1.807, 2.05) is 6.92 Å². The molecule has 0 aliphatic heterocycles. The molecule has 5 heteroatoms. The highest BCUT2D eigenvalue weighted by Crippen LogP contribution is 2.34. The fraction of sp³-hybridized carbons (Fsp3) is 0.455. The van der Waals surface area contributed by atoms with Gasteiger partial charge in [0.2, 0.25) is 0 Å². The first-order valence-electron chi connectivity index (χ1n) is 5.03. The highest BCUT2D eigenvalue weighted by atomic mass is 35.5. The van der Waals surface area contributed by atoms with Gasteiger partial charge in [-0.05, 0) is 32.0 Å². The predicted molar refractivity (Wildman–Crippen MR) is 65.1 cm³/mol. The van der Waals surface area contributed by atoms with E-state index in [9.17, 15) is 9.50 Å². The Morgan fingerprint density at radius 1 is 1.44 bits per heavy atom. The molecule has 0 amide bonds. The Labute approximate surface area is 104 Å². The van der Waals surface area contributed by atoms with E-state index >= 15 is 0 Å². The molecule has 2 nitrogen and oxygen atoms in total. The summed E-state index contributed by atoms with van der Waals surface area (Å²) < 4.78 is 11.9. The molecule has 0 spiro atoms. The molecule has 2 N–H and O–H groups in total. The first kappa shape index (κ1) is 13.6.